The molecule has 0 amide bonds. The molecule has 0 radical (unpaired) electrons. The van der Waals surface area contributed by atoms with Gasteiger partial charge >= 0.3 is 5.97 Å². The molecule has 0 rings (SSSR count). The lowest BCUT2D eigenvalue weighted by Gasteiger charge is -2.15. The van der Waals surface area contributed by atoms with Gasteiger partial charge in [-0.25, -0.2) is 0 Å². The summed E-state index contributed by atoms with van der Waals surface area (Å²) in [4.78, 5) is 21.1. The maximum absolute atomic E-state index is 11.0. The third kappa shape index (κ3) is 7.18. The summed E-state index contributed by atoms with van der Waals surface area (Å²) in [6, 6.07) is 0. The zero-order valence-corrected chi connectivity index (χ0v) is 10.1. The zero-order valence-electron chi connectivity index (χ0n) is 9.26. The van der Waals surface area contributed by atoms with Gasteiger partial charge in [0.05, 0.1) is 17.6 Å². The number of thioether (sulfide) groups is 1. The second kappa shape index (κ2) is 7.50. The van der Waals surface area contributed by atoms with Crippen molar-refractivity contribution in [2.75, 3.05) is 18.9 Å². The van der Waals surface area contributed by atoms with Crippen LogP contribution in [0.25, 0.3) is 0 Å². The summed E-state index contributed by atoms with van der Waals surface area (Å²) in [5, 5.41) is 10.2. The van der Waals surface area contributed by atoms with E-state index in [0.29, 0.717) is 6.61 Å². The minimum Gasteiger partial charge on any atom is -0.465 e. The molecule has 1 atom stereocenters. The van der Waals surface area contributed by atoms with Crippen LogP contribution in [0, 0.1) is 16.0 Å². The van der Waals surface area contributed by atoms with Gasteiger partial charge in [0.25, 0.3) is 0 Å². The molecule has 0 aromatic carbocycles. The second-order valence-corrected chi connectivity index (χ2v) is 4.64. The zero-order chi connectivity index (χ0) is 11.8. The van der Waals surface area contributed by atoms with Crippen LogP contribution in [0.5, 0.6) is 0 Å². The summed E-state index contributed by atoms with van der Waals surface area (Å²) >= 11 is 1.29. The van der Waals surface area contributed by atoms with Gasteiger partial charge in [-0.15, -0.1) is 11.8 Å². The highest BCUT2D eigenvalue weighted by molar-refractivity contribution is 8.00. The van der Waals surface area contributed by atoms with Gasteiger partial charge in [0.1, 0.15) is 0 Å². The van der Waals surface area contributed by atoms with Crippen LogP contribution in [0.2, 0.25) is 0 Å². The third-order valence-corrected chi connectivity index (χ3v) is 3.32. The minimum atomic E-state index is -0.344. The molecular weight excluding hydrogens is 218 g/mol. The van der Waals surface area contributed by atoms with Crippen molar-refractivity contribution in [3.8, 4) is 0 Å². The van der Waals surface area contributed by atoms with E-state index in [1.165, 1.54) is 11.8 Å². The summed E-state index contributed by atoms with van der Waals surface area (Å²) in [6.45, 7) is 5.79. The van der Waals surface area contributed by atoms with Gasteiger partial charge in [-0.2, -0.15) is 0 Å². The summed E-state index contributed by atoms with van der Waals surface area (Å²) in [5.74, 6) is 0.0520. The first-order valence-corrected chi connectivity index (χ1v) is 5.91. The van der Waals surface area contributed by atoms with Gasteiger partial charge in [-0.1, -0.05) is 13.8 Å². The maximum atomic E-state index is 11.0. The standard InChI is InChI=1S/C9H17NO4S/c1-4-14-9(11)6-15-8(7(2)3)5-10(12)13/h7-8H,4-6H2,1-3H3. The van der Waals surface area contributed by atoms with Crippen molar-refractivity contribution >= 4 is 17.7 Å². The van der Waals surface area contributed by atoms with E-state index in [9.17, 15) is 14.9 Å². The first-order valence-electron chi connectivity index (χ1n) is 4.86. The Morgan fingerprint density at radius 1 is 1.53 bits per heavy atom. The fourth-order valence-corrected chi connectivity index (χ4v) is 2.03. The van der Waals surface area contributed by atoms with E-state index < -0.39 is 0 Å². The number of hydrogen-bond acceptors (Lipinski definition) is 5. The van der Waals surface area contributed by atoms with Crippen LogP contribution in [-0.4, -0.2) is 35.0 Å². The number of carbonyl (C=O) groups excluding carboxylic acids is 1. The van der Waals surface area contributed by atoms with E-state index in [2.05, 4.69) is 0 Å². The fourth-order valence-electron chi connectivity index (χ4n) is 0.981. The molecule has 0 saturated carbocycles. The average Bonchev–Trinajstić information content (AvgIpc) is 2.11. The van der Waals surface area contributed by atoms with Gasteiger partial charge in [0, 0.05) is 4.92 Å². The molecule has 0 aromatic rings. The van der Waals surface area contributed by atoms with Crippen LogP contribution >= 0.6 is 11.8 Å². The molecule has 0 saturated heterocycles. The van der Waals surface area contributed by atoms with Crippen LogP contribution in [0.3, 0.4) is 0 Å². The largest absolute Gasteiger partial charge is 0.465 e. The number of ether oxygens (including phenoxy) is 1. The SMILES string of the molecule is CCOC(=O)CSC(C[N+](=O)[O-])C(C)C. The molecule has 15 heavy (non-hydrogen) atoms. The molecule has 1 unspecified atom stereocenters. The van der Waals surface area contributed by atoms with Crippen LogP contribution in [0.4, 0.5) is 0 Å². The molecule has 0 heterocycles. The third-order valence-electron chi connectivity index (χ3n) is 1.79. The molecule has 88 valence electrons. The highest BCUT2D eigenvalue weighted by Crippen LogP contribution is 2.19. The molecule has 0 aliphatic heterocycles. The van der Waals surface area contributed by atoms with Crippen molar-refractivity contribution in [2.24, 2.45) is 5.92 Å². The normalized spacial score (nSPS) is 12.5. The van der Waals surface area contributed by atoms with Crippen molar-refractivity contribution in [3.05, 3.63) is 10.1 Å². The highest BCUT2D eigenvalue weighted by Gasteiger charge is 2.21. The molecule has 0 fully saturated rings. The maximum Gasteiger partial charge on any atom is 0.315 e. The molecule has 0 bridgehead atoms. The number of nitro groups is 1. The van der Waals surface area contributed by atoms with Crippen molar-refractivity contribution in [1.82, 2.24) is 0 Å². The van der Waals surface area contributed by atoms with E-state index in [1.807, 2.05) is 13.8 Å². The molecular formula is C9H17NO4S. The summed E-state index contributed by atoms with van der Waals surface area (Å²) in [5.41, 5.74) is 0. The first kappa shape index (κ1) is 14.2. The lowest BCUT2D eigenvalue weighted by molar-refractivity contribution is -0.480. The average molecular weight is 235 g/mol. The molecule has 5 nitrogen and oxygen atoms in total. The Balaban J connectivity index is 3.96. The van der Waals surface area contributed by atoms with E-state index in [4.69, 9.17) is 4.74 Å². The molecule has 6 heteroatoms. The monoisotopic (exact) mass is 235 g/mol. The summed E-state index contributed by atoms with van der Waals surface area (Å²) in [6.07, 6.45) is 0. The Labute approximate surface area is 93.7 Å². The highest BCUT2D eigenvalue weighted by atomic mass is 32.2. The number of nitrogens with zero attached hydrogens (tertiary/aromatic N) is 1. The van der Waals surface area contributed by atoms with Crippen LogP contribution in [0.1, 0.15) is 20.8 Å². The number of rotatable bonds is 7. The topological polar surface area (TPSA) is 69.4 Å². The Bertz CT molecular complexity index is 220. The van der Waals surface area contributed by atoms with E-state index in [0.717, 1.165) is 0 Å². The van der Waals surface area contributed by atoms with Crippen molar-refractivity contribution in [1.29, 1.82) is 0 Å². The fraction of sp³-hybridized carbons (Fsp3) is 0.889. The molecule has 0 spiro atoms. The number of carbonyl (C=O) groups is 1. The number of esters is 1. The van der Waals surface area contributed by atoms with Crippen LogP contribution in [0.15, 0.2) is 0 Å². The Morgan fingerprint density at radius 3 is 2.53 bits per heavy atom. The number of hydrogen-bond donors (Lipinski definition) is 0. The van der Waals surface area contributed by atoms with Crippen LogP contribution in [-0.2, 0) is 9.53 Å². The van der Waals surface area contributed by atoms with Gasteiger partial charge in [0.2, 0.25) is 6.54 Å². The Kier molecular flexibility index (Phi) is 7.11. The van der Waals surface area contributed by atoms with Crippen molar-refractivity contribution in [2.45, 2.75) is 26.0 Å². The molecule has 0 aliphatic rings. The smallest absolute Gasteiger partial charge is 0.315 e. The Morgan fingerprint density at radius 2 is 2.13 bits per heavy atom. The second-order valence-electron chi connectivity index (χ2n) is 3.41. The van der Waals surface area contributed by atoms with Crippen molar-refractivity contribution < 1.29 is 14.5 Å². The van der Waals surface area contributed by atoms with E-state index >= 15 is 0 Å². The van der Waals surface area contributed by atoms with Gasteiger partial charge < -0.3 is 4.74 Å². The van der Waals surface area contributed by atoms with Crippen LogP contribution < -0.4 is 0 Å². The predicted octanol–water partition coefficient (Wildman–Crippen LogP) is 1.58. The summed E-state index contributed by atoms with van der Waals surface area (Å²) < 4.78 is 4.75. The summed E-state index contributed by atoms with van der Waals surface area (Å²) in [7, 11) is 0. The van der Waals surface area contributed by atoms with Crippen molar-refractivity contribution in [3.63, 3.8) is 0 Å². The first-order chi connectivity index (χ1) is 6.97. The minimum absolute atomic E-state index is 0.109. The molecule has 0 aromatic heterocycles. The molecule has 0 N–H and O–H groups in total. The van der Waals surface area contributed by atoms with Gasteiger partial charge in [-0.05, 0) is 12.8 Å². The van der Waals surface area contributed by atoms with Gasteiger partial charge in [-0.3, -0.25) is 14.9 Å². The predicted molar refractivity (Wildman–Crippen MR) is 59.6 cm³/mol. The quantitative estimate of drug-likeness (QED) is 0.380. The lowest BCUT2D eigenvalue weighted by Crippen LogP contribution is -2.24. The Hall–Kier alpha value is -0.780. The van der Waals surface area contributed by atoms with E-state index in [-0.39, 0.29) is 34.4 Å². The lowest BCUT2D eigenvalue weighted by atomic mass is 10.1. The van der Waals surface area contributed by atoms with E-state index in [1.54, 1.807) is 6.92 Å². The van der Waals surface area contributed by atoms with Gasteiger partial charge in [0.15, 0.2) is 0 Å². The molecule has 0 aliphatic carbocycles.